The third kappa shape index (κ3) is 2.20. The minimum absolute atomic E-state index is 0.594. The van der Waals surface area contributed by atoms with E-state index in [1.807, 2.05) is 6.07 Å². The van der Waals surface area contributed by atoms with Gasteiger partial charge in [-0.05, 0) is 67.1 Å². The van der Waals surface area contributed by atoms with Crippen LogP contribution in [0.15, 0.2) is 18.2 Å². The van der Waals surface area contributed by atoms with Gasteiger partial charge < -0.3 is 10.6 Å². The fourth-order valence-electron chi connectivity index (χ4n) is 3.28. The second kappa shape index (κ2) is 4.89. The van der Waals surface area contributed by atoms with Crippen molar-refractivity contribution in [1.29, 1.82) is 0 Å². The molecule has 0 aliphatic carbocycles. The van der Waals surface area contributed by atoms with Gasteiger partial charge in [-0.15, -0.1) is 0 Å². The van der Waals surface area contributed by atoms with Gasteiger partial charge in [-0.25, -0.2) is 0 Å². The molecule has 0 spiro atoms. The second-order valence-corrected chi connectivity index (χ2v) is 6.67. The zero-order valence-corrected chi connectivity index (χ0v) is 12.9. The van der Waals surface area contributed by atoms with Gasteiger partial charge in [0.2, 0.25) is 0 Å². The molecule has 2 heterocycles. The monoisotopic (exact) mass is 357 g/mol. The topological polar surface area (TPSA) is 32.5 Å². The van der Waals surface area contributed by atoms with Crippen LogP contribution < -0.4 is 10.6 Å². The molecule has 1 aromatic rings. The lowest BCUT2D eigenvalue weighted by atomic mass is 10.1. The number of hydrogen-bond acceptors (Lipinski definition) is 3. The van der Waals surface area contributed by atoms with E-state index in [2.05, 4.69) is 51.4 Å². The van der Waals surface area contributed by atoms with Crippen molar-refractivity contribution in [3.8, 4) is 0 Å². The van der Waals surface area contributed by atoms with Crippen LogP contribution in [-0.2, 0) is 0 Å². The van der Waals surface area contributed by atoms with Crippen LogP contribution in [-0.4, -0.2) is 36.6 Å². The summed E-state index contributed by atoms with van der Waals surface area (Å²) in [6.45, 7) is 5.99. The van der Waals surface area contributed by atoms with Gasteiger partial charge in [0, 0.05) is 34.4 Å². The Morgan fingerprint density at radius 2 is 2.17 bits per heavy atom. The molecule has 2 N–H and O–H groups in total. The standard InChI is InChI=1S/C14H20IN3/c1-10-8-17-6-2-3-12(17)9-18(10)14-5-4-11(16)7-13(14)15/h4-5,7,10,12H,2-3,6,8-9,16H2,1H3. The molecule has 2 unspecified atom stereocenters. The van der Waals surface area contributed by atoms with Gasteiger partial charge in [-0.1, -0.05) is 0 Å². The Hall–Kier alpha value is -0.490. The molecule has 2 aliphatic rings. The van der Waals surface area contributed by atoms with Crippen molar-refractivity contribution in [2.45, 2.75) is 31.8 Å². The lowest BCUT2D eigenvalue weighted by Gasteiger charge is -2.44. The molecule has 2 aliphatic heterocycles. The van der Waals surface area contributed by atoms with Crippen molar-refractivity contribution in [1.82, 2.24) is 4.90 Å². The maximum atomic E-state index is 5.85. The number of fused-ring (bicyclic) bond motifs is 1. The van der Waals surface area contributed by atoms with Crippen LogP contribution in [0.3, 0.4) is 0 Å². The average molecular weight is 357 g/mol. The van der Waals surface area contributed by atoms with Gasteiger partial charge in [0.1, 0.15) is 0 Å². The van der Waals surface area contributed by atoms with E-state index in [0.29, 0.717) is 6.04 Å². The van der Waals surface area contributed by atoms with Gasteiger partial charge >= 0.3 is 0 Å². The van der Waals surface area contributed by atoms with Gasteiger partial charge in [-0.2, -0.15) is 0 Å². The summed E-state index contributed by atoms with van der Waals surface area (Å²) in [6.07, 6.45) is 2.72. The molecule has 0 bridgehead atoms. The molecule has 18 heavy (non-hydrogen) atoms. The minimum Gasteiger partial charge on any atom is -0.399 e. The Morgan fingerprint density at radius 1 is 1.33 bits per heavy atom. The smallest absolute Gasteiger partial charge is 0.0506 e. The summed E-state index contributed by atoms with van der Waals surface area (Å²) in [5, 5.41) is 0. The third-order valence-electron chi connectivity index (χ3n) is 4.22. The van der Waals surface area contributed by atoms with Gasteiger partial charge in [0.15, 0.2) is 0 Å². The van der Waals surface area contributed by atoms with Crippen LogP contribution in [0.1, 0.15) is 19.8 Å². The molecule has 0 amide bonds. The summed E-state index contributed by atoms with van der Waals surface area (Å²) in [4.78, 5) is 5.22. The molecule has 0 radical (unpaired) electrons. The largest absolute Gasteiger partial charge is 0.399 e. The molecule has 1 aromatic carbocycles. The number of nitrogens with two attached hydrogens (primary N) is 1. The number of hydrogen-bond donors (Lipinski definition) is 1. The maximum Gasteiger partial charge on any atom is 0.0506 e. The summed E-state index contributed by atoms with van der Waals surface area (Å²) in [5.74, 6) is 0. The lowest BCUT2D eigenvalue weighted by Crippen LogP contribution is -2.55. The first-order valence-corrected chi connectivity index (χ1v) is 7.79. The number of anilines is 2. The zero-order valence-electron chi connectivity index (χ0n) is 10.8. The van der Waals surface area contributed by atoms with Crippen LogP contribution in [0.25, 0.3) is 0 Å². The lowest BCUT2D eigenvalue weighted by molar-refractivity contribution is 0.203. The maximum absolute atomic E-state index is 5.85. The van der Waals surface area contributed by atoms with Gasteiger partial charge in [-0.3, -0.25) is 4.90 Å². The number of piperazine rings is 1. The third-order valence-corrected chi connectivity index (χ3v) is 5.08. The second-order valence-electron chi connectivity index (χ2n) is 5.50. The predicted octanol–water partition coefficient (Wildman–Crippen LogP) is 2.55. The van der Waals surface area contributed by atoms with Crippen LogP contribution in [0.2, 0.25) is 0 Å². The fourth-order valence-corrected chi connectivity index (χ4v) is 4.13. The molecule has 2 fully saturated rings. The number of nitrogen functional groups attached to an aromatic ring is 1. The SMILES string of the molecule is CC1CN2CCCC2CN1c1ccc(N)cc1I. The Balaban J connectivity index is 1.86. The number of halogens is 1. The quantitative estimate of drug-likeness (QED) is 0.619. The van der Waals surface area contributed by atoms with Crippen LogP contribution in [0.4, 0.5) is 11.4 Å². The van der Waals surface area contributed by atoms with Crippen LogP contribution in [0.5, 0.6) is 0 Å². The predicted molar refractivity (Wildman–Crippen MR) is 85.0 cm³/mol. The van der Waals surface area contributed by atoms with Gasteiger partial charge in [0.05, 0.1) is 5.69 Å². The molecule has 3 rings (SSSR count). The summed E-state index contributed by atoms with van der Waals surface area (Å²) in [7, 11) is 0. The van der Waals surface area contributed by atoms with Crippen molar-refractivity contribution >= 4 is 34.0 Å². The highest BCUT2D eigenvalue weighted by Crippen LogP contribution is 2.32. The molecule has 0 saturated carbocycles. The Labute approximate surface area is 122 Å². The van der Waals surface area contributed by atoms with Crippen LogP contribution >= 0.6 is 22.6 Å². The van der Waals surface area contributed by atoms with Crippen molar-refractivity contribution < 1.29 is 0 Å². The molecular weight excluding hydrogens is 337 g/mol. The highest BCUT2D eigenvalue weighted by Gasteiger charge is 2.34. The number of nitrogens with zero attached hydrogens (tertiary/aromatic N) is 2. The van der Waals surface area contributed by atoms with Crippen molar-refractivity contribution in [2.75, 3.05) is 30.3 Å². The van der Waals surface area contributed by atoms with E-state index in [9.17, 15) is 0 Å². The molecule has 2 saturated heterocycles. The molecular formula is C14H20IN3. The first-order chi connectivity index (χ1) is 8.65. The van der Waals surface area contributed by atoms with Crippen molar-refractivity contribution in [3.63, 3.8) is 0 Å². The van der Waals surface area contributed by atoms with Crippen molar-refractivity contribution in [3.05, 3.63) is 21.8 Å². The van der Waals surface area contributed by atoms with E-state index in [-0.39, 0.29) is 0 Å². The number of rotatable bonds is 1. The molecule has 4 heteroatoms. The van der Waals surface area contributed by atoms with E-state index < -0.39 is 0 Å². The minimum atomic E-state index is 0.594. The highest BCUT2D eigenvalue weighted by atomic mass is 127. The van der Waals surface area contributed by atoms with E-state index in [0.717, 1.165) is 11.7 Å². The summed E-state index contributed by atoms with van der Waals surface area (Å²) < 4.78 is 1.27. The normalized spacial score (nSPS) is 28.4. The van der Waals surface area contributed by atoms with E-state index in [4.69, 9.17) is 5.73 Å². The summed E-state index contributed by atoms with van der Waals surface area (Å²) >= 11 is 2.40. The van der Waals surface area contributed by atoms with E-state index >= 15 is 0 Å². The highest BCUT2D eigenvalue weighted by molar-refractivity contribution is 14.1. The van der Waals surface area contributed by atoms with E-state index in [1.54, 1.807) is 0 Å². The first-order valence-electron chi connectivity index (χ1n) is 6.71. The van der Waals surface area contributed by atoms with Crippen molar-refractivity contribution in [2.24, 2.45) is 0 Å². The number of benzene rings is 1. The summed E-state index contributed by atoms with van der Waals surface area (Å²) in [6, 6.07) is 7.62. The average Bonchev–Trinajstić information content (AvgIpc) is 2.75. The molecule has 0 aromatic heterocycles. The Kier molecular flexibility index (Phi) is 3.40. The van der Waals surface area contributed by atoms with Crippen LogP contribution in [0, 0.1) is 3.57 Å². The zero-order chi connectivity index (χ0) is 12.7. The Bertz CT molecular complexity index is 449. The first kappa shape index (κ1) is 12.5. The fraction of sp³-hybridized carbons (Fsp3) is 0.571. The Morgan fingerprint density at radius 3 is 2.94 bits per heavy atom. The van der Waals surface area contributed by atoms with Gasteiger partial charge in [0.25, 0.3) is 0 Å². The molecule has 3 nitrogen and oxygen atoms in total. The molecule has 98 valence electrons. The van der Waals surface area contributed by atoms with E-state index in [1.165, 1.54) is 41.7 Å². The summed E-state index contributed by atoms with van der Waals surface area (Å²) in [5.41, 5.74) is 8.05. The molecule has 2 atom stereocenters.